The monoisotopic (exact) mass is 379 g/mol. The molecule has 102 valence electrons. The number of thiazole rings is 1. The van der Waals surface area contributed by atoms with Gasteiger partial charge in [-0.25, -0.2) is 4.98 Å². The van der Waals surface area contributed by atoms with Gasteiger partial charge in [0.15, 0.2) is 0 Å². The molecule has 2 nitrogen and oxygen atoms in total. The molecule has 0 bridgehead atoms. The summed E-state index contributed by atoms with van der Waals surface area (Å²) in [6, 6.07) is 5.50. The lowest BCUT2D eigenvalue weighted by Gasteiger charge is -2.07. The van der Waals surface area contributed by atoms with Crippen molar-refractivity contribution in [3.8, 4) is 5.75 Å². The summed E-state index contributed by atoms with van der Waals surface area (Å²) in [4.78, 5) is 4.41. The van der Waals surface area contributed by atoms with Gasteiger partial charge in [-0.15, -0.1) is 22.9 Å². The zero-order valence-corrected chi connectivity index (χ0v) is 13.9. The Morgan fingerprint density at radius 3 is 2.89 bits per heavy atom. The lowest BCUT2D eigenvalue weighted by molar-refractivity contribution is 0.309. The van der Waals surface area contributed by atoms with Crippen molar-refractivity contribution in [2.24, 2.45) is 0 Å². The zero-order valence-electron chi connectivity index (χ0n) is 10.0. The van der Waals surface area contributed by atoms with Gasteiger partial charge in [-0.3, -0.25) is 0 Å². The number of ether oxygens (including phenoxy) is 1. The summed E-state index contributed by atoms with van der Waals surface area (Å²) in [6.07, 6.45) is 1.83. The van der Waals surface area contributed by atoms with Crippen LogP contribution in [0.15, 0.2) is 28.1 Å². The van der Waals surface area contributed by atoms with Crippen LogP contribution in [0.4, 0.5) is 0 Å². The van der Waals surface area contributed by atoms with Crippen LogP contribution in [-0.4, -0.2) is 11.6 Å². The number of aromatic nitrogens is 1. The van der Waals surface area contributed by atoms with E-state index in [1.54, 1.807) is 11.3 Å². The molecule has 0 aliphatic carbocycles. The third kappa shape index (κ3) is 4.63. The van der Waals surface area contributed by atoms with Gasteiger partial charge in [0, 0.05) is 16.8 Å². The average molecular weight is 381 g/mol. The molecule has 1 heterocycles. The van der Waals surface area contributed by atoms with Crippen LogP contribution in [0, 0.1) is 0 Å². The predicted molar refractivity (Wildman–Crippen MR) is 84.6 cm³/mol. The van der Waals surface area contributed by atoms with Gasteiger partial charge in [0.2, 0.25) is 0 Å². The van der Waals surface area contributed by atoms with Crippen molar-refractivity contribution in [2.45, 2.75) is 18.7 Å². The average Bonchev–Trinajstić information content (AvgIpc) is 2.84. The van der Waals surface area contributed by atoms with Crippen molar-refractivity contribution >= 4 is 50.5 Å². The minimum atomic E-state index is 0.477. The molecule has 0 saturated carbocycles. The third-order valence-electron chi connectivity index (χ3n) is 2.42. The second-order valence-corrected chi connectivity index (χ2v) is 6.39. The molecule has 0 atom stereocenters. The van der Waals surface area contributed by atoms with E-state index in [0.29, 0.717) is 17.5 Å². The molecule has 0 saturated heterocycles. The van der Waals surface area contributed by atoms with Crippen molar-refractivity contribution in [1.82, 2.24) is 4.98 Å². The predicted octanol–water partition coefficient (Wildman–Crippen LogP) is 5.31. The Bertz CT molecular complexity index is 547. The van der Waals surface area contributed by atoms with Gasteiger partial charge in [-0.1, -0.05) is 11.6 Å². The van der Waals surface area contributed by atoms with Gasteiger partial charge < -0.3 is 4.74 Å². The van der Waals surface area contributed by atoms with E-state index in [2.05, 4.69) is 20.9 Å². The molecule has 0 spiro atoms. The van der Waals surface area contributed by atoms with Crippen LogP contribution in [0.1, 0.15) is 17.1 Å². The van der Waals surface area contributed by atoms with E-state index in [-0.39, 0.29) is 0 Å². The summed E-state index contributed by atoms with van der Waals surface area (Å²) >= 11 is 16.7. The van der Waals surface area contributed by atoms with Gasteiger partial charge in [-0.2, -0.15) is 0 Å². The molecule has 2 aromatic rings. The van der Waals surface area contributed by atoms with Crippen molar-refractivity contribution in [3.05, 3.63) is 43.8 Å². The maximum absolute atomic E-state index is 5.87. The molecule has 1 aromatic heterocycles. The molecule has 1 aromatic carbocycles. The molecule has 6 heteroatoms. The molecule has 19 heavy (non-hydrogen) atoms. The summed E-state index contributed by atoms with van der Waals surface area (Å²) in [6.45, 7) is 0.649. The Labute approximate surface area is 134 Å². The third-order valence-corrected chi connectivity index (χ3v) is 4.51. The maximum atomic E-state index is 5.87. The number of benzene rings is 1. The number of halogens is 3. The van der Waals surface area contributed by atoms with Gasteiger partial charge in [-0.05, 0) is 40.5 Å². The Kier molecular flexibility index (Phi) is 5.95. The highest BCUT2D eigenvalue weighted by Crippen LogP contribution is 2.28. The second-order valence-electron chi connectivity index (χ2n) is 3.89. The van der Waals surface area contributed by atoms with Gasteiger partial charge >= 0.3 is 0 Å². The first-order valence-corrected chi connectivity index (χ1v) is 8.34. The highest BCUT2D eigenvalue weighted by Gasteiger charge is 2.03. The van der Waals surface area contributed by atoms with Gasteiger partial charge in [0.1, 0.15) is 5.75 Å². The summed E-state index contributed by atoms with van der Waals surface area (Å²) < 4.78 is 6.57. The maximum Gasteiger partial charge on any atom is 0.133 e. The van der Waals surface area contributed by atoms with Gasteiger partial charge in [0.25, 0.3) is 0 Å². The lowest BCUT2D eigenvalue weighted by atomic mass is 10.3. The molecule has 0 fully saturated rings. The number of nitrogens with zero attached hydrogens (tertiary/aromatic N) is 1. The van der Waals surface area contributed by atoms with Crippen molar-refractivity contribution in [2.75, 3.05) is 6.61 Å². The lowest BCUT2D eigenvalue weighted by Crippen LogP contribution is -2.00. The van der Waals surface area contributed by atoms with E-state index in [1.807, 2.05) is 23.6 Å². The van der Waals surface area contributed by atoms with E-state index in [0.717, 1.165) is 33.8 Å². The van der Waals surface area contributed by atoms with Crippen LogP contribution in [0.2, 0.25) is 5.02 Å². The van der Waals surface area contributed by atoms with Crippen molar-refractivity contribution in [3.63, 3.8) is 0 Å². The summed E-state index contributed by atoms with van der Waals surface area (Å²) in [7, 11) is 0. The molecule has 0 radical (unpaired) electrons. The topological polar surface area (TPSA) is 22.1 Å². The van der Waals surface area contributed by atoms with Gasteiger partial charge in [0.05, 0.1) is 27.7 Å². The van der Waals surface area contributed by atoms with Crippen LogP contribution in [0.25, 0.3) is 0 Å². The van der Waals surface area contributed by atoms with Crippen molar-refractivity contribution < 1.29 is 4.74 Å². The standard InChI is InChI=1S/C13H12BrCl2NOS/c14-11-6-9(16)3-4-12(11)18-5-1-2-13-17-10(7-15)8-19-13/h3-4,6,8H,1-2,5,7H2. The summed E-state index contributed by atoms with van der Waals surface area (Å²) in [5.41, 5.74) is 0.947. The summed E-state index contributed by atoms with van der Waals surface area (Å²) in [5, 5.41) is 3.80. The fraction of sp³-hybridized carbons (Fsp3) is 0.308. The van der Waals surface area contributed by atoms with Crippen LogP contribution in [-0.2, 0) is 12.3 Å². The first-order chi connectivity index (χ1) is 9.19. The SMILES string of the molecule is ClCc1csc(CCCOc2ccc(Cl)cc2Br)n1. The normalized spacial score (nSPS) is 10.7. The smallest absolute Gasteiger partial charge is 0.133 e. The fourth-order valence-electron chi connectivity index (χ4n) is 1.52. The second kappa shape index (κ2) is 7.48. The number of aryl methyl sites for hydroxylation is 1. The van der Waals surface area contributed by atoms with Crippen LogP contribution in [0.3, 0.4) is 0 Å². The molecular formula is C13H12BrCl2NOS. The van der Waals surface area contributed by atoms with E-state index in [4.69, 9.17) is 27.9 Å². The zero-order chi connectivity index (χ0) is 13.7. The first-order valence-electron chi connectivity index (χ1n) is 5.76. The highest BCUT2D eigenvalue weighted by molar-refractivity contribution is 9.10. The number of hydrogen-bond donors (Lipinski definition) is 0. The first kappa shape index (κ1) is 15.1. The van der Waals surface area contributed by atoms with Crippen molar-refractivity contribution in [1.29, 1.82) is 0 Å². The molecule has 0 aliphatic heterocycles. The Morgan fingerprint density at radius 1 is 1.37 bits per heavy atom. The minimum Gasteiger partial charge on any atom is -0.492 e. The Balaban J connectivity index is 1.77. The van der Waals surface area contributed by atoms with Crippen LogP contribution in [0.5, 0.6) is 5.75 Å². The molecule has 0 amide bonds. The molecule has 0 unspecified atom stereocenters. The number of hydrogen-bond acceptors (Lipinski definition) is 3. The number of rotatable bonds is 6. The van der Waals surface area contributed by atoms with Crippen LogP contribution < -0.4 is 4.74 Å². The Hall–Kier alpha value is -0.290. The van der Waals surface area contributed by atoms with E-state index in [9.17, 15) is 0 Å². The minimum absolute atomic E-state index is 0.477. The van der Waals surface area contributed by atoms with E-state index >= 15 is 0 Å². The summed E-state index contributed by atoms with van der Waals surface area (Å²) in [5.74, 6) is 1.29. The molecule has 2 rings (SSSR count). The quantitative estimate of drug-likeness (QED) is 0.500. The van der Waals surface area contributed by atoms with E-state index in [1.165, 1.54) is 0 Å². The number of alkyl halides is 1. The van der Waals surface area contributed by atoms with E-state index < -0.39 is 0 Å². The fourth-order valence-corrected chi connectivity index (χ4v) is 3.39. The highest BCUT2D eigenvalue weighted by atomic mass is 79.9. The molecular weight excluding hydrogens is 369 g/mol. The molecule has 0 N–H and O–H groups in total. The molecule has 0 aliphatic rings. The van der Waals surface area contributed by atoms with Crippen LogP contribution >= 0.6 is 50.5 Å². The largest absolute Gasteiger partial charge is 0.492 e. The Morgan fingerprint density at radius 2 is 2.21 bits per heavy atom.